The van der Waals surface area contributed by atoms with Crippen LogP contribution in [0.4, 0.5) is 10.3 Å². The highest BCUT2D eigenvalue weighted by molar-refractivity contribution is 9.10. The van der Waals surface area contributed by atoms with E-state index in [0.29, 0.717) is 11.2 Å². The lowest BCUT2D eigenvalue weighted by molar-refractivity contribution is 0.102. The summed E-state index contributed by atoms with van der Waals surface area (Å²) in [6.07, 6.45) is 1.77. The normalized spacial score (nSPS) is 10.8. The number of aromatic nitrogens is 3. The fourth-order valence-electron chi connectivity index (χ4n) is 1.83. The van der Waals surface area contributed by atoms with Gasteiger partial charge in [0.25, 0.3) is 5.91 Å². The van der Waals surface area contributed by atoms with Crippen molar-refractivity contribution in [1.29, 1.82) is 0 Å². The minimum Gasteiger partial charge on any atom is -0.289 e. The Balaban J connectivity index is 1.87. The van der Waals surface area contributed by atoms with Crippen LogP contribution in [0.2, 0.25) is 0 Å². The zero-order valence-corrected chi connectivity index (χ0v) is 12.6. The van der Waals surface area contributed by atoms with Crippen molar-refractivity contribution in [3.63, 3.8) is 0 Å². The van der Waals surface area contributed by atoms with Crippen molar-refractivity contribution in [1.82, 2.24) is 14.6 Å². The number of amides is 1. The zero-order valence-electron chi connectivity index (χ0n) is 11.0. The number of aryl methyl sites for hydroxylation is 1. The Morgan fingerprint density at radius 1 is 1.33 bits per heavy atom. The van der Waals surface area contributed by atoms with Crippen molar-refractivity contribution in [2.75, 3.05) is 5.32 Å². The minimum atomic E-state index is -0.391. The molecule has 21 heavy (non-hydrogen) atoms. The molecule has 0 radical (unpaired) electrons. The molecule has 1 N–H and O–H groups in total. The summed E-state index contributed by atoms with van der Waals surface area (Å²) in [7, 11) is 0. The number of hydrogen-bond donors (Lipinski definition) is 1. The molecular weight excluding hydrogens is 339 g/mol. The molecule has 5 nitrogen and oxygen atoms in total. The lowest BCUT2D eigenvalue weighted by Crippen LogP contribution is -2.13. The molecule has 1 aromatic carbocycles. The summed E-state index contributed by atoms with van der Waals surface area (Å²) in [4.78, 5) is 16.2. The molecule has 0 saturated heterocycles. The van der Waals surface area contributed by atoms with Crippen molar-refractivity contribution in [2.24, 2.45) is 0 Å². The summed E-state index contributed by atoms with van der Waals surface area (Å²) in [6, 6.07) is 7.12. The fraction of sp³-hybridized carbons (Fsp3) is 0.0714. The Kier molecular flexibility index (Phi) is 3.42. The van der Waals surface area contributed by atoms with Gasteiger partial charge < -0.3 is 0 Å². The van der Waals surface area contributed by atoms with Gasteiger partial charge in [-0.2, -0.15) is 4.98 Å². The van der Waals surface area contributed by atoms with E-state index >= 15 is 0 Å². The number of pyridine rings is 1. The molecule has 2 aromatic heterocycles. The first kappa shape index (κ1) is 13.7. The van der Waals surface area contributed by atoms with E-state index < -0.39 is 5.82 Å². The number of halogens is 2. The van der Waals surface area contributed by atoms with E-state index in [1.54, 1.807) is 10.7 Å². The maximum absolute atomic E-state index is 12.8. The highest BCUT2D eigenvalue weighted by atomic mass is 79.9. The lowest BCUT2D eigenvalue weighted by atomic mass is 10.2. The van der Waals surface area contributed by atoms with E-state index in [1.165, 1.54) is 24.3 Å². The molecule has 106 valence electrons. The number of anilines is 1. The molecule has 0 aliphatic rings. The minimum absolute atomic E-state index is 0.196. The number of carbonyl (C=O) groups is 1. The fourth-order valence-corrected chi connectivity index (χ4v) is 2.14. The van der Waals surface area contributed by atoms with Crippen molar-refractivity contribution < 1.29 is 9.18 Å². The average Bonchev–Trinajstić information content (AvgIpc) is 2.81. The van der Waals surface area contributed by atoms with Gasteiger partial charge in [-0.05, 0) is 58.7 Å². The van der Waals surface area contributed by atoms with Crippen LogP contribution in [0.5, 0.6) is 0 Å². The third kappa shape index (κ3) is 2.78. The van der Waals surface area contributed by atoms with Gasteiger partial charge in [-0.15, -0.1) is 5.10 Å². The average molecular weight is 349 g/mol. The van der Waals surface area contributed by atoms with Gasteiger partial charge in [0.05, 0.1) is 0 Å². The molecule has 3 aromatic rings. The molecule has 0 bridgehead atoms. The van der Waals surface area contributed by atoms with E-state index in [4.69, 9.17) is 0 Å². The van der Waals surface area contributed by atoms with Gasteiger partial charge in [-0.25, -0.2) is 8.91 Å². The monoisotopic (exact) mass is 348 g/mol. The van der Waals surface area contributed by atoms with Crippen LogP contribution in [-0.4, -0.2) is 20.5 Å². The first-order chi connectivity index (χ1) is 10.0. The van der Waals surface area contributed by atoms with E-state index in [1.807, 2.05) is 13.0 Å². The third-order valence-electron chi connectivity index (χ3n) is 2.95. The van der Waals surface area contributed by atoms with E-state index in [2.05, 4.69) is 31.3 Å². The molecule has 3 rings (SSSR count). The first-order valence-corrected chi connectivity index (χ1v) is 6.92. The molecule has 7 heteroatoms. The Bertz CT molecular complexity index is 790. The van der Waals surface area contributed by atoms with Crippen LogP contribution in [0, 0.1) is 12.7 Å². The van der Waals surface area contributed by atoms with Crippen LogP contribution in [0.1, 0.15) is 15.9 Å². The largest absolute Gasteiger partial charge is 0.289 e. The van der Waals surface area contributed by atoms with Gasteiger partial charge in [0.1, 0.15) is 5.82 Å². The second-order valence-electron chi connectivity index (χ2n) is 4.50. The maximum Gasteiger partial charge on any atom is 0.258 e. The molecule has 0 atom stereocenters. The highest BCUT2D eigenvalue weighted by Crippen LogP contribution is 2.18. The lowest BCUT2D eigenvalue weighted by Gasteiger charge is -2.00. The summed E-state index contributed by atoms with van der Waals surface area (Å²) >= 11 is 3.41. The molecule has 0 aliphatic carbocycles. The Hall–Kier alpha value is -2.28. The maximum atomic E-state index is 12.8. The van der Waals surface area contributed by atoms with E-state index in [-0.39, 0.29) is 11.9 Å². The van der Waals surface area contributed by atoms with Crippen molar-refractivity contribution in [3.8, 4) is 0 Å². The number of nitrogens with one attached hydrogen (secondary N) is 1. The molecule has 1 amide bonds. The SMILES string of the molecule is Cc1cc2nc(NC(=O)c3ccc(F)cc3)nn2cc1Br. The van der Waals surface area contributed by atoms with E-state index in [0.717, 1.165) is 10.0 Å². The first-order valence-electron chi connectivity index (χ1n) is 6.12. The van der Waals surface area contributed by atoms with Gasteiger partial charge in [0, 0.05) is 16.2 Å². The van der Waals surface area contributed by atoms with Gasteiger partial charge in [0.2, 0.25) is 5.95 Å². The molecular formula is C14H10BrFN4O. The van der Waals surface area contributed by atoms with Gasteiger partial charge >= 0.3 is 0 Å². The highest BCUT2D eigenvalue weighted by Gasteiger charge is 2.11. The topological polar surface area (TPSA) is 59.3 Å². The molecule has 0 aliphatic heterocycles. The quantitative estimate of drug-likeness (QED) is 0.773. The van der Waals surface area contributed by atoms with Crippen molar-refractivity contribution in [2.45, 2.75) is 6.92 Å². The summed E-state index contributed by atoms with van der Waals surface area (Å²) in [6.45, 7) is 1.94. The Morgan fingerprint density at radius 2 is 2.05 bits per heavy atom. The summed E-state index contributed by atoms with van der Waals surface area (Å²) in [5.41, 5.74) is 1.99. The molecule has 0 fully saturated rings. The molecule has 0 unspecified atom stereocenters. The van der Waals surface area contributed by atoms with Crippen LogP contribution in [0.3, 0.4) is 0 Å². The van der Waals surface area contributed by atoms with Gasteiger partial charge in [0.15, 0.2) is 5.65 Å². The van der Waals surface area contributed by atoms with Crippen LogP contribution in [-0.2, 0) is 0 Å². The molecule has 0 saturated carbocycles. The van der Waals surface area contributed by atoms with Crippen LogP contribution in [0.15, 0.2) is 41.0 Å². The predicted octanol–water partition coefficient (Wildman–Crippen LogP) is 3.19. The van der Waals surface area contributed by atoms with Crippen LogP contribution < -0.4 is 5.32 Å². The van der Waals surface area contributed by atoms with E-state index in [9.17, 15) is 9.18 Å². The summed E-state index contributed by atoms with van der Waals surface area (Å²) in [5.74, 6) is -0.582. The zero-order chi connectivity index (χ0) is 15.0. The smallest absolute Gasteiger partial charge is 0.258 e. The van der Waals surface area contributed by atoms with Gasteiger partial charge in [-0.3, -0.25) is 10.1 Å². The van der Waals surface area contributed by atoms with Crippen molar-refractivity contribution >= 4 is 33.4 Å². The third-order valence-corrected chi connectivity index (χ3v) is 3.78. The predicted molar refractivity (Wildman–Crippen MR) is 79.8 cm³/mol. The number of carbonyl (C=O) groups excluding carboxylic acids is 1. The second-order valence-corrected chi connectivity index (χ2v) is 5.36. The number of rotatable bonds is 2. The van der Waals surface area contributed by atoms with Crippen LogP contribution >= 0.6 is 15.9 Å². The molecule has 2 heterocycles. The number of fused-ring (bicyclic) bond motifs is 1. The summed E-state index contributed by atoms with van der Waals surface area (Å²) < 4.78 is 15.3. The van der Waals surface area contributed by atoms with Crippen molar-refractivity contribution in [3.05, 3.63) is 57.9 Å². The summed E-state index contributed by atoms with van der Waals surface area (Å²) in [5, 5.41) is 6.75. The second kappa shape index (κ2) is 5.25. The van der Waals surface area contributed by atoms with Gasteiger partial charge in [-0.1, -0.05) is 0 Å². The number of benzene rings is 1. The Morgan fingerprint density at radius 3 is 2.76 bits per heavy atom. The standard InChI is InChI=1S/C14H10BrFN4O/c1-8-6-12-17-14(19-20(12)7-11(8)15)18-13(21)9-2-4-10(16)5-3-9/h2-7H,1H3,(H,18,19,21). The van der Waals surface area contributed by atoms with Crippen LogP contribution in [0.25, 0.3) is 5.65 Å². The molecule has 0 spiro atoms. The number of nitrogens with zero attached hydrogens (tertiary/aromatic N) is 3. The number of hydrogen-bond acceptors (Lipinski definition) is 3. The Labute approximate surface area is 127 Å².